The van der Waals surface area contributed by atoms with Gasteiger partial charge in [-0.15, -0.1) is 0 Å². The zero-order valence-corrected chi connectivity index (χ0v) is 9.87. The monoisotopic (exact) mass is 239 g/mol. The highest BCUT2D eigenvalue weighted by atomic mass is 35.5. The predicted octanol–water partition coefficient (Wildman–Crippen LogP) is 2.23. The van der Waals surface area contributed by atoms with Gasteiger partial charge in [0, 0.05) is 24.8 Å². The molecule has 2 aromatic rings. The Balaban J connectivity index is 1.72. The third-order valence-corrected chi connectivity index (χ3v) is 2.68. The highest BCUT2D eigenvalue weighted by Gasteiger charge is 2.01. The second kappa shape index (κ2) is 5.18. The van der Waals surface area contributed by atoms with E-state index in [1.165, 1.54) is 0 Å². The lowest BCUT2D eigenvalue weighted by Gasteiger charge is -2.02. The van der Waals surface area contributed by atoms with Gasteiger partial charge in [0.05, 0.1) is 29.8 Å². The molecule has 2 aromatic heterocycles. The van der Waals surface area contributed by atoms with Gasteiger partial charge < -0.3 is 9.73 Å². The van der Waals surface area contributed by atoms with Crippen molar-refractivity contribution in [3.8, 4) is 0 Å². The van der Waals surface area contributed by atoms with Crippen molar-refractivity contribution in [2.45, 2.75) is 20.0 Å². The molecule has 0 spiro atoms. The van der Waals surface area contributed by atoms with Gasteiger partial charge in [0.15, 0.2) is 0 Å². The second-order valence-electron chi connectivity index (χ2n) is 3.63. The van der Waals surface area contributed by atoms with Crippen LogP contribution in [-0.4, -0.2) is 16.3 Å². The van der Waals surface area contributed by atoms with Crippen LogP contribution in [0.1, 0.15) is 11.3 Å². The minimum atomic E-state index is 0.717. The smallest absolute Gasteiger partial charge is 0.0947 e. The van der Waals surface area contributed by atoms with E-state index in [1.54, 1.807) is 12.5 Å². The topological polar surface area (TPSA) is 43.0 Å². The van der Waals surface area contributed by atoms with Crippen LogP contribution < -0.4 is 5.32 Å². The Morgan fingerprint density at radius 2 is 2.44 bits per heavy atom. The number of nitrogens with zero attached hydrogens (tertiary/aromatic N) is 2. The molecule has 5 heteroatoms. The first-order chi connectivity index (χ1) is 7.75. The minimum Gasteiger partial charge on any atom is -0.472 e. The average Bonchev–Trinajstić information content (AvgIpc) is 2.85. The molecule has 4 nitrogen and oxygen atoms in total. The molecule has 0 bridgehead atoms. The summed E-state index contributed by atoms with van der Waals surface area (Å²) in [6.45, 7) is 4.37. The molecule has 0 aliphatic heterocycles. The second-order valence-corrected chi connectivity index (χ2v) is 4.04. The Hall–Kier alpha value is -1.26. The van der Waals surface area contributed by atoms with E-state index in [1.807, 2.05) is 23.9 Å². The maximum Gasteiger partial charge on any atom is 0.0947 e. The van der Waals surface area contributed by atoms with Gasteiger partial charge >= 0.3 is 0 Å². The van der Waals surface area contributed by atoms with Crippen molar-refractivity contribution in [3.63, 3.8) is 0 Å². The number of aromatic nitrogens is 2. The Labute approximate surface area is 99.2 Å². The van der Waals surface area contributed by atoms with Crippen LogP contribution in [0.5, 0.6) is 0 Å². The number of hydrogen-bond acceptors (Lipinski definition) is 3. The fourth-order valence-corrected chi connectivity index (χ4v) is 1.58. The summed E-state index contributed by atoms with van der Waals surface area (Å²) in [6.07, 6.45) is 5.26. The lowest BCUT2D eigenvalue weighted by Crippen LogP contribution is -2.19. The van der Waals surface area contributed by atoms with Gasteiger partial charge in [-0.3, -0.25) is 4.68 Å². The Bertz CT molecular complexity index is 417. The molecule has 0 aliphatic carbocycles. The van der Waals surface area contributed by atoms with Crippen LogP contribution in [0.4, 0.5) is 0 Å². The molecular formula is C11H14ClN3O. The van der Waals surface area contributed by atoms with E-state index in [2.05, 4.69) is 10.4 Å². The fourth-order valence-electron chi connectivity index (χ4n) is 1.43. The maximum absolute atomic E-state index is 5.91. The SMILES string of the molecule is Cc1nn(CCNCc2ccoc2)cc1Cl. The minimum absolute atomic E-state index is 0.717. The third kappa shape index (κ3) is 2.87. The van der Waals surface area contributed by atoms with Crippen LogP contribution in [0.25, 0.3) is 0 Å². The van der Waals surface area contributed by atoms with Gasteiger partial charge in [-0.2, -0.15) is 5.10 Å². The van der Waals surface area contributed by atoms with E-state index >= 15 is 0 Å². The van der Waals surface area contributed by atoms with Crippen LogP contribution in [-0.2, 0) is 13.1 Å². The molecule has 0 unspecified atom stereocenters. The molecule has 86 valence electrons. The van der Waals surface area contributed by atoms with Gasteiger partial charge in [0.1, 0.15) is 0 Å². The molecule has 0 aromatic carbocycles. The highest BCUT2D eigenvalue weighted by molar-refractivity contribution is 6.31. The van der Waals surface area contributed by atoms with Crippen LogP contribution in [0.3, 0.4) is 0 Å². The zero-order chi connectivity index (χ0) is 11.4. The first kappa shape index (κ1) is 11.2. The van der Waals surface area contributed by atoms with E-state index in [9.17, 15) is 0 Å². The molecule has 0 saturated heterocycles. The first-order valence-corrected chi connectivity index (χ1v) is 5.55. The van der Waals surface area contributed by atoms with Gasteiger partial charge in [-0.1, -0.05) is 11.6 Å². The summed E-state index contributed by atoms with van der Waals surface area (Å²) in [6, 6.07) is 1.95. The predicted molar refractivity (Wildman–Crippen MR) is 62.4 cm³/mol. The van der Waals surface area contributed by atoms with Crippen molar-refractivity contribution in [3.05, 3.63) is 41.1 Å². The summed E-state index contributed by atoms with van der Waals surface area (Å²) < 4.78 is 6.82. The summed E-state index contributed by atoms with van der Waals surface area (Å²) in [5.74, 6) is 0. The van der Waals surface area contributed by atoms with Crippen LogP contribution in [0.2, 0.25) is 5.02 Å². The number of nitrogens with one attached hydrogen (secondary N) is 1. The molecule has 2 rings (SSSR count). The summed E-state index contributed by atoms with van der Waals surface area (Å²) >= 11 is 5.91. The van der Waals surface area contributed by atoms with Gasteiger partial charge in [-0.25, -0.2) is 0 Å². The molecule has 0 atom stereocenters. The van der Waals surface area contributed by atoms with Crippen molar-refractivity contribution < 1.29 is 4.42 Å². The van der Waals surface area contributed by atoms with Crippen molar-refractivity contribution in [1.82, 2.24) is 15.1 Å². The number of rotatable bonds is 5. The van der Waals surface area contributed by atoms with E-state index < -0.39 is 0 Å². The lowest BCUT2D eigenvalue weighted by molar-refractivity contribution is 0.541. The van der Waals surface area contributed by atoms with E-state index in [4.69, 9.17) is 16.0 Å². The summed E-state index contributed by atoms with van der Waals surface area (Å²) in [5, 5.41) is 8.29. The third-order valence-electron chi connectivity index (χ3n) is 2.31. The molecule has 0 amide bonds. The number of aryl methyl sites for hydroxylation is 1. The van der Waals surface area contributed by atoms with E-state index in [0.717, 1.165) is 35.9 Å². The molecule has 0 saturated carbocycles. The standard InChI is InChI=1S/C11H14ClN3O/c1-9-11(12)7-15(14-9)4-3-13-6-10-2-5-16-8-10/h2,5,7-8,13H,3-4,6H2,1H3. The normalized spacial score (nSPS) is 10.9. The molecule has 0 fully saturated rings. The largest absolute Gasteiger partial charge is 0.472 e. The molecular weight excluding hydrogens is 226 g/mol. The van der Waals surface area contributed by atoms with Gasteiger partial charge in [-0.05, 0) is 13.0 Å². The molecule has 16 heavy (non-hydrogen) atoms. The van der Waals surface area contributed by atoms with Gasteiger partial charge in [0.25, 0.3) is 0 Å². The summed E-state index contributed by atoms with van der Waals surface area (Å²) in [5.41, 5.74) is 2.02. The number of furan rings is 1. The summed E-state index contributed by atoms with van der Waals surface area (Å²) in [7, 11) is 0. The Morgan fingerprint density at radius 1 is 1.56 bits per heavy atom. The quantitative estimate of drug-likeness (QED) is 0.814. The average molecular weight is 240 g/mol. The van der Waals surface area contributed by atoms with Crippen molar-refractivity contribution in [2.75, 3.05) is 6.54 Å². The Kier molecular flexibility index (Phi) is 3.64. The van der Waals surface area contributed by atoms with Crippen molar-refractivity contribution in [1.29, 1.82) is 0 Å². The molecule has 1 N–H and O–H groups in total. The fraction of sp³-hybridized carbons (Fsp3) is 0.364. The highest BCUT2D eigenvalue weighted by Crippen LogP contribution is 2.11. The van der Waals surface area contributed by atoms with Gasteiger partial charge in [0.2, 0.25) is 0 Å². The Morgan fingerprint density at radius 3 is 3.06 bits per heavy atom. The molecule has 2 heterocycles. The number of hydrogen-bond donors (Lipinski definition) is 1. The van der Waals surface area contributed by atoms with E-state index in [0.29, 0.717) is 0 Å². The lowest BCUT2D eigenvalue weighted by atomic mass is 10.3. The van der Waals surface area contributed by atoms with Crippen molar-refractivity contribution in [2.24, 2.45) is 0 Å². The van der Waals surface area contributed by atoms with Crippen LogP contribution >= 0.6 is 11.6 Å². The van der Waals surface area contributed by atoms with Crippen molar-refractivity contribution >= 4 is 11.6 Å². The first-order valence-electron chi connectivity index (χ1n) is 5.17. The van der Waals surface area contributed by atoms with E-state index in [-0.39, 0.29) is 0 Å². The van der Waals surface area contributed by atoms with Crippen LogP contribution in [0.15, 0.2) is 29.2 Å². The summed E-state index contributed by atoms with van der Waals surface area (Å²) in [4.78, 5) is 0. The maximum atomic E-state index is 5.91. The number of halogens is 1. The van der Waals surface area contributed by atoms with Crippen LogP contribution in [0, 0.1) is 6.92 Å². The molecule has 0 aliphatic rings. The zero-order valence-electron chi connectivity index (χ0n) is 9.11. The molecule has 0 radical (unpaired) electrons.